The highest BCUT2D eigenvalue weighted by molar-refractivity contribution is 5.74. The Balaban J connectivity index is 1.08. The SMILES string of the molecule is C[C@H]1[C@H](C=Cc2ccc(-c3ccccc3C#N)cn2)[C@@H](C(=O)OCC2C[C@@H](C=Cc3ccc(-c4ccccc4C#N)cn3)[C@H](C)[C@@H](C)C2)CC[C@@H]1C. The predicted octanol–water partition coefficient (Wildman–Crippen LogP) is 10.4. The molecule has 0 aliphatic heterocycles. The summed E-state index contributed by atoms with van der Waals surface area (Å²) in [7, 11) is 0. The lowest BCUT2D eigenvalue weighted by Crippen LogP contribution is -2.37. The summed E-state index contributed by atoms with van der Waals surface area (Å²) in [6.07, 6.45) is 16.1. The lowest BCUT2D eigenvalue weighted by Gasteiger charge is -2.39. The van der Waals surface area contributed by atoms with Crippen molar-refractivity contribution < 1.29 is 9.53 Å². The fourth-order valence-electron chi connectivity index (χ4n) is 8.21. The third kappa shape index (κ3) is 8.41. The number of carbonyl (C=O) groups is 1. The van der Waals surface area contributed by atoms with Gasteiger partial charge < -0.3 is 4.74 Å². The van der Waals surface area contributed by atoms with Gasteiger partial charge in [0.25, 0.3) is 0 Å². The van der Waals surface area contributed by atoms with Crippen LogP contribution in [0.4, 0.5) is 0 Å². The Bertz CT molecular complexity index is 1980. The van der Waals surface area contributed by atoms with Crippen LogP contribution in [-0.4, -0.2) is 22.5 Å². The Morgan fingerprint density at radius 2 is 1.31 bits per heavy atom. The van der Waals surface area contributed by atoms with Gasteiger partial charge in [-0.1, -0.05) is 88.4 Å². The van der Waals surface area contributed by atoms with Crippen molar-refractivity contribution in [3.8, 4) is 34.4 Å². The fourth-order valence-corrected chi connectivity index (χ4v) is 8.21. The number of rotatable bonds is 9. The van der Waals surface area contributed by atoms with E-state index in [1.165, 1.54) is 0 Å². The van der Waals surface area contributed by atoms with Crippen LogP contribution < -0.4 is 0 Å². The van der Waals surface area contributed by atoms with Gasteiger partial charge in [0, 0.05) is 34.6 Å². The summed E-state index contributed by atoms with van der Waals surface area (Å²) in [6, 6.07) is 27.7. The van der Waals surface area contributed by atoms with Crippen molar-refractivity contribution in [3.63, 3.8) is 0 Å². The molecule has 6 rings (SSSR count). The molecule has 2 aliphatic carbocycles. The van der Waals surface area contributed by atoms with Gasteiger partial charge >= 0.3 is 5.97 Å². The van der Waals surface area contributed by atoms with Crippen molar-refractivity contribution in [2.45, 2.75) is 53.4 Å². The minimum absolute atomic E-state index is 0.0743. The van der Waals surface area contributed by atoms with E-state index in [0.29, 0.717) is 53.2 Å². The van der Waals surface area contributed by atoms with Gasteiger partial charge in [-0.25, -0.2) is 0 Å². The zero-order chi connectivity index (χ0) is 36.6. The second-order valence-electron chi connectivity index (χ2n) is 15.0. The van der Waals surface area contributed by atoms with Crippen LogP contribution in [0.15, 0.2) is 97.3 Å². The van der Waals surface area contributed by atoms with E-state index < -0.39 is 0 Å². The molecule has 6 heteroatoms. The van der Waals surface area contributed by atoms with Crippen molar-refractivity contribution in [3.05, 3.63) is 120 Å². The topological polar surface area (TPSA) is 99.7 Å². The molecule has 0 saturated heterocycles. The van der Waals surface area contributed by atoms with Crippen LogP contribution in [0.3, 0.4) is 0 Å². The van der Waals surface area contributed by atoms with Crippen LogP contribution in [0.2, 0.25) is 0 Å². The average Bonchev–Trinajstić information content (AvgIpc) is 3.18. The molecule has 6 nitrogen and oxygen atoms in total. The van der Waals surface area contributed by atoms with Crippen LogP contribution in [0.1, 0.15) is 75.9 Å². The summed E-state index contributed by atoms with van der Waals surface area (Å²) >= 11 is 0. The van der Waals surface area contributed by atoms with Crippen molar-refractivity contribution >= 4 is 18.1 Å². The molecule has 264 valence electrons. The Kier molecular flexibility index (Phi) is 11.8. The van der Waals surface area contributed by atoms with Gasteiger partial charge in [0.05, 0.1) is 47.2 Å². The monoisotopic (exact) mass is 688 g/mol. The summed E-state index contributed by atoms with van der Waals surface area (Å²) in [6.45, 7) is 9.63. The average molecular weight is 689 g/mol. The number of allylic oxidation sites excluding steroid dienone is 2. The fraction of sp³-hybridized carbons (Fsp3) is 0.370. The van der Waals surface area contributed by atoms with E-state index in [0.717, 1.165) is 59.3 Å². The van der Waals surface area contributed by atoms with E-state index in [9.17, 15) is 15.3 Å². The second kappa shape index (κ2) is 16.8. The highest BCUT2D eigenvalue weighted by Gasteiger charge is 2.39. The molecule has 0 radical (unpaired) electrons. The van der Waals surface area contributed by atoms with Crippen molar-refractivity contribution in [1.82, 2.24) is 9.97 Å². The molecule has 0 amide bonds. The highest BCUT2D eigenvalue weighted by Crippen LogP contribution is 2.42. The number of nitrogens with zero attached hydrogens (tertiary/aromatic N) is 4. The molecule has 2 aromatic carbocycles. The summed E-state index contributed by atoms with van der Waals surface area (Å²) < 4.78 is 6.17. The predicted molar refractivity (Wildman–Crippen MR) is 207 cm³/mol. The van der Waals surface area contributed by atoms with E-state index in [-0.39, 0.29) is 17.8 Å². The first kappa shape index (κ1) is 36.5. The Hall–Kier alpha value is -5.33. The minimum Gasteiger partial charge on any atom is -0.465 e. The maximum atomic E-state index is 13.7. The zero-order valence-corrected chi connectivity index (χ0v) is 30.7. The van der Waals surface area contributed by atoms with Crippen molar-refractivity contribution in [1.29, 1.82) is 10.5 Å². The first-order chi connectivity index (χ1) is 25.2. The number of esters is 1. The van der Waals surface area contributed by atoms with Gasteiger partial charge in [0.1, 0.15) is 0 Å². The highest BCUT2D eigenvalue weighted by atomic mass is 16.5. The van der Waals surface area contributed by atoms with Gasteiger partial charge in [0.15, 0.2) is 0 Å². The summed E-state index contributed by atoms with van der Waals surface area (Å²) in [5.41, 5.74) is 6.59. The molecule has 2 saturated carbocycles. The van der Waals surface area contributed by atoms with E-state index in [2.05, 4.69) is 68.0 Å². The molecule has 2 heterocycles. The number of nitriles is 2. The Labute approximate surface area is 308 Å². The van der Waals surface area contributed by atoms with Gasteiger partial charge in [-0.2, -0.15) is 10.5 Å². The number of hydrogen-bond acceptors (Lipinski definition) is 6. The molecule has 4 aromatic rings. The van der Waals surface area contributed by atoms with Crippen molar-refractivity contribution in [2.24, 2.45) is 47.3 Å². The molecule has 0 bridgehead atoms. The molecule has 2 aromatic heterocycles. The number of hydrogen-bond donors (Lipinski definition) is 0. The molecule has 8 atom stereocenters. The molecular formula is C46H48N4O2. The molecule has 1 unspecified atom stereocenters. The quantitative estimate of drug-likeness (QED) is 0.162. The summed E-state index contributed by atoms with van der Waals surface area (Å²) in [4.78, 5) is 23.1. The molecular weight excluding hydrogens is 641 g/mol. The van der Waals surface area contributed by atoms with Gasteiger partial charge in [-0.15, -0.1) is 0 Å². The van der Waals surface area contributed by atoms with E-state index in [1.807, 2.05) is 91.3 Å². The minimum atomic E-state index is -0.172. The second-order valence-corrected chi connectivity index (χ2v) is 15.0. The van der Waals surface area contributed by atoms with Gasteiger partial charge in [0.2, 0.25) is 0 Å². The van der Waals surface area contributed by atoms with Gasteiger partial charge in [-0.3, -0.25) is 14.8 Å². The molecule has 0 spiro atoms. The van der Waals surface area contributed by atoms with Crippen LogP contribution >= 0.6 is 0 Å². The Morgan fingerprint density at radius 3 is 1.87 bits per heavy atom. The maximum Gasteiger partial charge on any atom is 0.309 e. The van der Waals surface area contributed by atoms with Crippen LogP contribution in [0, 0.1) is 70.0 Å². The maximum absolute atomic E-state index is 13.7. The third-order valence-electron chi connectivity index (χ3n) is 11.8. The molecule has 2 fully saturated rings. The van der Waals surface area contributed by atoms with Crippen LogP contribution in [-0.2, 0) is 9.53 Å². The lowest BCUT2D eigenvalue weighted by atomic mass is 9.67. The number of pyridine rings is 2. The van der Waals surface area contributed by atoms with E-state index in [1.54, 1.807) is 0 Å². The first-order valence-electron chi connectivity index (χ1n) is 18.7. The molecule has 52 heavy (non-hydrogen) atoms. The van der Waals surface area contributed by atoms with E-state index in [4.69, 9.17) is 4.74 Å². The largest absolute Gasteiger partial charge is 0.465 e. The molecule has 0 N–H and O–H groups in total. The smallest absolute Gasteiger partial charge is 0.309 e. The normalized spacial score (nSPS) is 26.1. The first-order valence-corrected chi connectivity index (χ1v) is 18.7. The summed E-state index contributed by atoms with van der Waals surface area (Å²) in [5, 5.41) is 19.0. The number of benzene rings is 2. The van der Waals surface area contributed by atoms with Crippen molar-refractivity contribution in [2.75, 3.05) is 6.61 Å². The van der Waals surface area contributed by atoms with Gasteiger partial charge in [-0.05, 0) is 104 Å². The number of ether oxygens (including phenoxy) is 1. The standard InChI is InChI=1S/C46H48N4O2/c1-30-13-21-45(42(33(30)4)22-20-41-19-16-39(28-50-41)44-12-8-6-10-37(44)26-48)46(51)52-29-34-23-31(2)32(3)35(24-34)14-17-40-18-15-38(27-49-40)43-11-7-5-9-36(43)25-47/h5-12,14-20,22,27-28,30-35,42,45H,13,21,23-24,29H2,1-4H3/t30-,31-,32+,33+,34?,35+,42-,45-/m0/s1. The number of carbonyl (C=O) groups excluding carboxylic acids is 1. The summed E-state index contributed by atoms with van der Waals surface area (Å²) in [5.74, 6) is 2.40. The molecule has 2 aliphatic rings. The number of aromatic nitrogens is 2. The van der Waals surface area contributed by atoms with Crippen LogP contribution in [0.25, 0.3) is 34.4 Å². The third-order valence-corrected chi connectivity index (χ3v) is 11.8. The Morgan fingerprint density at radius 1 is 0.731 bits per heavy atom. The zero-order valence-electron chi connectivity index (χ0n) is 30.7. The van der Waals surface area contributed by atoms with E-state index >= 15 is 0 Å². The lowest BCUT2D eigenvalue weighted by molar-refractivity contribution is -0.154. The van der Waals surface area contributed by atoms with Crippen LogP contribution in [0.5, 0.6) is 0 Å².